The molecule has 0 fully saturated rings. The van der Waals surface area contributed by atoms with Gasteiger partial charge in [-0.1, -0.05) is 0 Å². The number of benzene rings is 2. The number of anilines is 1. The number of carboxylic acids is 1. The Morgan fingerprint density at radius 2 is 1.68 bits per heavy atom. The normalized spacial score (nSPS) is 10.2. The van der Waals surface area contributed by atoms with E-state index in [1.165, 1.54) is 6.07 Å². The Morgan fingerprint density at radius 1 is 1.04 bits per heavy atom. The molecule has 0 radical (unpaired) electrons. The summed E-state index contributed by atoms with van der Waals surface area (Å²) in [6, 6.07) is 10.2. The molecule has 2 rings (SSSR count). The van der Waals surface area contributed by atoms with Crippen molar-refractivity contribution < 1.29 is 24.2 Å². The lowest BCUT2D eigenvalue weighted by molar-refractivity contribution is -0.116. The van der Waals surface area contributed by atoms with Crippen molar-refractivity contribution in [3.8, 4) is 11.5 Å². The second-order valence-electron chi connectivity index (χ2n) is 5.60. The van der Waals surface area contributed by atoms with E-state index >= 15 is 0 Å². The van der Waals surface area contributed by atoms with Gasteiger partial charge in [0, 0.05) is 18.2 Å². The van der Waals surface area contributed by atoms with Crippen LogP contribution in [0.15, 0.2) is 36.4 Å². The van der Waals surface area contributed by atoms with Crippen molar-refractivity contribution in [1.29, 1.82) is 0 Å². The van der Waals surface area contributed by atoms with Crippen molar-refractivity contribution in [3.05, 3.63) is 53.1 Å². The lowest BCUT2D eigenvalue weighted by Gasteiger charge is -2.10. The average molecular weight is 343 g/mol. The Labute approximate surface area is 146 Å². The molecule has 0 saturated heterocycles. The van der Waals surface area contributed by atoms with E-state index in [1.807, 2.05) is 12.1 Å². The molecule has 0 atom stereocenters. The number of aryl methyl sites for hydroxylation is 2. The Kier molecular flexibility index (Phi) is 6.00. The first-order chi connectivity index (χ1) is 11.9. The molecule has 0 heterocycles. The van der Waals surface area contributed by atoms with Crippen LogP contribution in [0.2, 0.25) is 0 Å². The second-order valence-corrected chi connectivity index (χ2v) is 5.60. The zero-order valence-electron chi connectivity index (χ0n) is 14.5. The van der Waals surface area contributed by atoms with Gasteiger partial charge in [-0.3, -0.25) is 4.79 Å². The average Bonchev–Trinajstić information content (AvgIpc) is 2.59. The molecule has 132 valence electrons. The zero-order chi connectivity index (χ0) is 18.4. The molecule has 0 aliphatic rings. The maximum Gasteiger partial charge on any atom is 0.335 e. The van der Waals surface area contributed by atoms with Crippen molar-refractivity contribution >= 4 is 17.6 Å². The summed E-state index contributed by atoms with van der Waals surface area (Å²) in [4.78, 5) is 23.1. The predicted octanol–water partition coefficient (Wildman–Crippen LogP) is 3.28. The van der Waals surface area contributed by atoms with Gasteiger partial charge in [0.15, 0.2) is 0 Å². The minimum Gasteiger partial charge on any atom is -0.497 e. The van der Waals surface area contributed by atoms with Gasteiger partial charge in [0.2, 0.25) is 5.91 Å². The molecule has 6 heteroatoms. The fourth-order valence-corrected chi connectivity index (χ4v) is 2.47. The maximum absolute atomic E-state index is 12.1. The van der Waals surface area contributed by atoms with Gasteiger partial charge in [0.1, 0.15) is 11.5 Å². The molecule has 2 N–H and O–H groups in total. The van der Waals surface area contributed by atoms with Crippen LogP contribution < -0.4 is 14.8 Å². The molecule has 2 aromatic rings. The van der Waals surface area contributed by atoms with E-state index < -0.39 is 5.97 Å². The van der Waals surface area contributed by atoms with Crippen LogP contribution in [0, 0.1) is 6.92 Å². The molecule has 0 aliphatic heterocycles. The van der Waals surface area contributed by atoms with Gasteiger partial charge in [-0.05, 0) is 54.8 Å². The molecule has 0 aromatic heterocycles. The topological polar surface area (TPSA) is 84.9 Å². The van der Waals surface area contributed by atoms with Crippen molar-refractivity contribution in [2.45, 2.75) is 19.8 Å². The van der Waals surface area contributed by atoms with Crippen LogP contribution in [0.5, 0.6) is 11.5 Å². The Hall–Kier alpha value is -3.02. The Bertz CT molecular complexity index is 763. The van der Waals surface area contributed by atoms with Crippen molar-refractivity contribution in [2.24, 2.45) is 0 Å². The third-order valence-corrected chi connectivity index (χ3v) is 3.79. The smallest absolute Gasteiger partial charge is 0.335 e. The number of ether oxygens (including phenoxy) is 2. The third kappa shape index (κ3) is 4.97. The lowest BCUT2D eigenvalue weighted by atomic mass is 10.1. The first-order valence-corrected chi connectivity index (χ1v) is 7.78. The molecule has 25 heavy (non-hydrogen) atoms. The van der Waals surface area contributed by atoms with E-state index in [9.17, 15) is 9.59 Å². The zero-order valence-corrected chi connectivity index (χ0v) is 14.5. The van der Waals surface area contributed by atoms with Crippen LogP contribution >= 0.6 is 0 Å². The number of nitrogens with one attached hydrogen (secondary N) is 1. The van der Waals surface area contributed by atoms with Crippen molar-refractivity contribution in [1.82, 2.24) is 0 Å². The fraction of sp³-hybridized carbons (Fsp3) is 0.263. The minimum atomic E-state index is -0.984. The standard InChI is InChI=1S/C19H21NO5/c1-12-8-14(5-6-17(12)19(22)23)20-18(21)7-4-13-9-15(24-2)11-16(10-13)25-3/h5-6,8-11H,4,7H2,1-3H3,(H,20,21)(H,22,23). The van der Waals surface area contributed by atoms with Crippen molar-refractivity contribution in [2.75, 3.05) is 19.5 Å². The van der Waals surface area contributed by atoms with Crippen LogP contribution in [0.25, 0.3) is 0 Å². The number of carbonyl (C=O) groups excluding carboxylic acids is 1. The second kappa shape index (κ2) is 8.19. The van der Waals surface area contributed by atoms with Gasteiger partial charge >= 0.3 is 5.97 Å². The predicted molar refractivity (Wildman–Crippen MR) is 94.6 cm³/mol. The summed E-state index contributed by atoms with van der Waals surface area (Å²) in [5.41, 5.74) is 2.34. The summed E-state index contributed by atoms with van der Waals surface area (Å²) in [5.74, 6) is 0.218. The maximum atomic E-state index is 12.1. The minimum absolute atomic E-state index is 0.149. The highest BCUT2D eigenvalue weighted by atomic mass is 16.5. The summed E-state index contributed by atoms with van der Waals surface area (Å²) in [7, 11) is 3.16. The van der Waals surface area contributed by atoms with Crippen LogP contribution in [-0.4, -0.2) is 31.2 Å². The lowest BCUT2D eigenvalue weighted by Crippen LogP contribution is -2.13. The molecule has 2 aromatic carbocycles. The molecule has 1 amide bonds. The molecule has 0 spiro atoms. The number of rotatable bonds is 7. The summed E-state index contributed by atoms with van der Waals surface area (Å²) in [5, 5.41) is 11.8. The van der Waals surface area contributed by atoms with Gasteiger partial charge in [0.05, 0.1) is 19.8 Å². The summed E-state index contributed by atoms with van der Waals surface area (Å²) in [6.45, 7) is 1.70. The van der Waals surface area contributed by atoms with E-state index in [0.717, 1.165) is 5.56 Å². The SMILES string of the molecule is COc1cc(CCC(=O)Nc2ccc(C(=O)O)c(C)c2)cc(OC)c1. The molecule has 0 aliphatic carbocycles. The van der Waals surface area contributed by atoms with Crippen LogP contribution in [0.1, 0.15) is 27.9 Å². The summed E-state index contributed by atoms with van der Waals surface area (Å²) >= 11 is 0. The third-order valence-electron chi connectivity index (χ3n) is 3.79. The molecule has 6 nitrogen and oxygen atoms in total. The molecular weight excluding hydrogens is 322 g/mol. The van der Waals surface area contributed by atoms with E-state index in [0.29, 0.717) is 29.2 Å². The number of methoxy groups -OCH3 is 2. The summed E-state index contributed by atoms with van der Waals surface area (Å²) in [6.07, 6.45) is 0.821. The van der Waals surface area contributed by atoms with Gasteiger partial charge in [-0.25, -0.2) is 4.79 Å². The molecule has 0 saturated carbocycles. The quantitative estimate of drug-likeness (QED) is 0.806. The van der Waals surface area contributed by atoms with Gasteiger partial charge in [0.25, 0.3) is 0 Å². The van der Waals surface area contributed by atoms with Crippen LogP contribution in [0.4, 0.5) is 5.69 Å². The first kappa shape index (κ1) is 18.3. The Morgan fingerprint density at radius 3 is 2.20 bits per heavy atom. The molecule has 0 bridgehead atoms. The van der Waals surface area contributed by atoms with Gasteiger partial charge in [-0.2, -0.15) is 0 Å². The highest BCUT2D eigenvalue weighted by Gasteiger charge is 2.10. The number of aromatic carboxylic acids is 1. The van der Waals surface area contributed by atoms with Crippen molar-refractivity contribution in [3.63, 3.8) is 0 Å². The van der Waals surface area contributed by atoms with E-state index in [4.69, 9.17) is 14.6 Å². The van der Waals surface area contributed by atoms with Crippen LogP contribution in [-0.2, 0) is 11.2 Å². The van der Waals surface area contributed by atoms with Gasteiger partial charge in [-0.15, -0.1) is 0 Å². The number of amides is 1. The highest BCUT2D eigenvalue weighted by Crippen LogP contribution is 2.23. The number of hydrogen-bond acceptors (Lipinski definition) is 4. The fourth-order valence-electron chi connectivity index (χ4n) is 2.47. The van der Waals surface area contributed by atoms with Gasteiger partial charge < -0.3 is 19.9 Å². The van der Waals surface area contributed by atoms with E-state index in [1.54, 1.807) is 39.3 Å². The molecular formula is C19H21NO5. The Balaban J connectivity index is 1.99. The number of carboxylic acid groups (broad SMARTS) is 1. The van der Waals surface area contributed by atoms with E-state index in [2.05, 4.69) is 5.32 Å². The largest absolute Gasteiger partial charge is 0.497 e. The molecule has 0 unspecified atom stereocenters. The number of hydrogen-bond donors (Lipinski definition) is 2. The first-order valence-electron chi connectivity index (χ1n) is 7.78. The van der Waals surface area contributed by atoms with E-state index in [-0.39, 0.29) is 17.9 Å². The highest BCUT2D eigenvalue weighted by molar-refractivity contribution is 5.93. The monoisotopic (exact) mass is 343 g/mol. The number of carbonyl (C=O) groups is 2. The van der Waals surface area contributed by atoms with Crippen LogP contribution in [0.3, 0.4) is 0 Å². The summed E-state index contributed by atoms with van der Waals surface area (Å²) < 4.78 is 10.4.